The van der Waals surface area contributed by atoms with Crippen LogP contribution in [0.2, 0.25) is 0 Å². The maximum Gasteiger partial charge on any atom is 0.407 e. The molecule has 6 heteroatoms. The zero-order chi connectivity index (χ0) is 24.2. The summed E-state index contributed by atoms with van der Waals surface area (Å²) in [6.07, 6.45) is 3.15. The number of aliphatic carboxylic acids is 1. The molecule has 1 heterocycles. The summed E-state index contributed by atoms with van der Waals surface area (Å²) in [7, 11) is 0. The number of alkyl carbamates (subject to hydrolysis) is 1. The Morgan fingerprint density at radius 2 is 1.49 bits per heavy atom. The van der Waals surface area contributed by atoms with Gasteiger partial charge in [-0.1, -0.05) is 60.7 Å². The lowest BCUT2D eigenvalue weighted by Crippen LogP contribution is -2.42. The van der Waals surface area contributed by atoms with Gasteiger partial charge in [0, 0.05) is 31.1 Å². The normalized spacial score (nSPS) is 15.7. The van der Waals surface area contributed by atoms with Crippen molar-refractivity contribution in [1.82, 2.24) is 5.32 Å². The fraction of sp³-hybridized carbons (Fsp3) is 0.310. The molecule has 3 aromatic rings. The van der Waals surface area contributed by atoms with Gasteiger partial charge in [0.05, 0.1) is 0 Å². The third-order valence-corrected chi connectivity index (χ3v) is 7.03. The van der Waals surface area contributed by atoms with Crippen LogP contribution in [0.25, 0.3) is 11.1 Å². The number of carboxylic acids is 1. The molecule has 1 aliphatic carbocycles. The topological polar surface area (TPSA) is 78.9 Å². The van der Waals surface area contributed by atoms with E-state index in [4.69, 9.17) is 4.74 Å². The van der Waals surface area contributed by atoms with E-state index in [-0.39, 0.29) is 18.9 Å². The van der Waals surface area contributed by atoms with E-state index in [2.05, 4.69) is 34.5 Å². The number of nitrogens with zero attached hydrogens (tertiary/aromatic N) is 1. The molecule has 1 atom stereocenters. The lowest BCUT2D eigenvalue weighted by Gasteiger charge is -2.29. The molecule has 2 aliphatic rings. The number of amides is 1. The van der Waals surface area contributed by atoms with E-state index in [0.717, 1.165) is 46.6 Å². The number of hydrogen-bond acceptors (Lipinski definition) is 4. The zero-order valence-electron chi connectivity index (χ0n) is 19.7. The van der Waals surface area contributed by atoms with Crippen LogP contribution in [-0.4, -0.2) is 42.9 Å². The van der Waals surface area contributed by atoms with Gasteiger partial charge in [-0.05, 0) is 59.2 Å². The molecule has 0 aromatic heterocycles. The largest absolute Gasteiger partial charge is 0.480 e. The Balaban J connectivity index is 1.20. The van der Waals surface area contributed by atoms with E-state index in [1.165, 1.54) is 19.3 Å². The number of carboxylic acid groups (broad SMARTS) is 1. The van der Waals surface area contributed by atoms with Crippen molar-refractivity contribution in [3.63, 3.8) is 0 Å². The molecular weight excluding hydrogens is 440 g/mol. The number of nitrogens with one attached hydrogen (secondary N) is 1. The maximum atomic E-state index is 12.6. The number of carbonyl (C=O) groups excluding carboxylic acids is 1. The Hall–Kier alpha value is -3.80. The highest BCUT2D eigenvalue weighted by atomic mass is 16.5. The van der Waals surface area contributed by atoms with Gasteiger partial charge in [-0.3, -0.25) is 0 Å². The Kier molecular flexibility index (Phi) is 6.70. The van der Waals surface area contributed by atoms with Gasteiger partial charge in [0.2, 0.25) is 0 Å². The van der Waals surface area contributed by atoms with E-state index < -0.39 is 18.1 Å². The number of anilines is 1. The van der Waals surface area contributed by atoms with Gasteiger partial charge < -0.3 is 20.1 Å². The number of rotatable bonds is 7. The van der Waals surface area contributed by atoms with Crippen LogP contribution in [-0.2, 0) is 16.0 Å². The van der Waals surface area contributed by atoms with E-state index in [1.54, 1.807) is 0 Å². The molecule has 0 saturated carbocycles. The van der Waals surface area contributed by atoms with Crippen molar-refractivity contribution in [3.05, 3.63) is 89.5 Å². The molecule has 1 unspecified atom stereocenters. The molecule has 0 radical (unpaired) electrons. The molecule has 1 amide bonds. The maximum absolute atomic E-state index is 12.6. The number of carbonyl (C=O) groups is 2. The predicted molar refractivity (Wildman–Crippen MR) is 136 cm³/mol. The van der Waals surface area contributed by atoms with E-state index in [0.29, 0.717) is 0 Å². The average molecular weight is 471 g/mol. The standard InChI is InChI=1S/C29H30N2O4/c32-28(33)27(18-20-12-14-21(15-13-20)31-16-6-1-7-17-31)30-29(34)35-19-26-24-10-4-2-8-22(24)23-9-3-5-11-25(23)26/h2-5,8-15,26-27H,1,6-7,16-19H2,(H,30,34)(H,32,33). The van der Waals surface area contributed by atoms with Crippen molar-refractivity contribution in [1.29, 1.82) is 0 Å². The van der Waals surface area contributed by atoms with Gasteiger partial charge >= 0.3 is 12.1 Å². The lowest BCUT2D eigenvalue weighted by atomic mass is 9.98. The SMILES string of the molecule is O=C(NC(Cc1ccc(N2CCCCC2)cc1)C(=O)O)OCC1c2ccccc2-c2ccccc21. The van der Waals surface area contributed by atoms with Crippen molar-refractivity contribution < 1.29 is 19.4 Å². The molecule has 5 rings (SSSR count). The summed E-state index contributed by atoms with van der Waals surface area (Å²) in [6, 6.07) is 23.1. The summed E-state index contributed by atoms with van der Waals surface area (Å²) in [5.74, 6) is -1.16. The van der Waals surface area contributed by atoms with Gasteiger partial charge in [0.15, 0.2) is 0 Å². The quantitative estimate of drug-likeness (QED) is 0.496. The Bertz CT molecular complexity index is 1160. The van der Waals surface area contributed by atoms with Crippen LogP contribution in [0, 0.1) is 0 Å². The summed E-state index contributed by atoms with van der Waals surface area (Å²) < 4.78 is 5.54. The Labute approximate surface area is 205 Å². The van der Waals surface area contributed by atoms with E-state index in [9.17, 15) is 14.7 Å². The first-order valence-electron chi connectivity index (χ1n) is 12.3. The van der Waals surface area contributed by atoms with Gasteiger partial charge in [-0.15, -0.1) is 0 Å². The minimum Gasteiger partial charge on any atom is -0.480 e. The molecule has 1 saturated heterocycles. The second-order valence-electron chi connectivity index (χ2n) is 9.28. The van der Waals surface area contributed by atoms with Gasteiger partial charge in [-0.2, -0.15) is 0 Å². The predicted octanol–water partition coefficient (Wildman–Crippen LogP) is 5.21. The number of hydrogen-bond donors (Lipinski definition) is 2. The number of benzene rings is 3. The van der Waals surface area contributed by atoms with Crippen LogP contribution < -0.4 is 10.2 Å². The monoisotopic (exact) mass is 470 g/mol. The number of ether oxygens (including phenoxy) is 1. The van der Waals surface area contributed by atoms with Crippen molar-refractivity contribution in [2.75, 3.05) is 24.6 Å². The van der Waals surface area contributed by atoms with Crippen LogP contribution >= 0.6 is 0 Å². The molecule has 6 nitrogen and oxygen atoms in total. The third kappa shape index (κ3) is 5.02. The minimum absolute atomic E-state index is 0.0706. The molecule has 2 N–H and O–H groups in total. The van der Waals surface area contributed by atoms with Crippen LogP contribution in [0.5, 0.6) is 0 Å². The second kappa shape index (κ2) is 10.2. The highest BCUT2D eigenvalue weighted by Crippen LogP contribution is 2.44. The number of piperidine rings is 1. The molecular formula is C29H30N2O4. The highest BCUT2D eigenvalue weighted by Gasteiger charge is 2.29. The van der Waals surface area contributed by atoms with E-state index in [1.807, 2.05) is 48.5 Å². The first kappa shape index (κ1) is 23.0. The van der Waals surface area contributed by atoms with Crippen LogP contribution in [0.15, 0.2) is 72.8 Å². The minimum atomic E-state index is -1.08. The van der Waals surface area contributed by atoms with Crippen molar-refractivity contribution in [3.8, 4) is 11.1 Å². The molecule has 0 bridgehead atoms. The zero-order valence-corrected chi connectivity index (χ0v) is 19.7. The van der Waals surface area contributed by atoms with Crippen molar-refractivity contribution in [2.24, 2.45) is 0 Å². The van der Waals surface area contributed by atoms with Gasteiger partial charge in [0.25, 0.3) is 0 Å². The molecule has 3 aromatic carbocycles. The highest BCUT2D eigenvalue weighted by molar-refractivity contribution is 5.81. The van der Waals surface area contributed by atoms with Crippen LogP contribution in [0.4, 0.5) is 10.5 Å². The summed E-state index contributed by atoms with van der Waals surface area (Å²) in [4.78, 5) is 26.8. The smallest absolute Gasteiger partial charge is 0.407 e. The second-order valence-corrected chi connectivity index (χ2v) is 9.28. The summed E-state index contributed by atoms with van der Waals surface area (Å²) in [5.41, 5.74) is 6.54. The van der Waals surface area contributed by atoms with E-state index >= 15 is 0 Å². The first-order chi connectivity index (χ1) is 17.1. The molecule has 35 heavy (non-hydrogen) atoms. The Morgan fingerprint density at radius 3 is 2.09 bits per heavy atom. The fourth-order valence-electron chi connectivity index (χ4n) is 5.21. The Morgan fingerprint density at radius 1 is 0.886 bits per heavy atom. The van der Waals surface area contributed by atoms with Crippen molar-refractivity contribution in [2.45, 2.75) is 37.6 Å². The molecule has 1 fully saturated rings. The lowest BCUT2D eigenvalue weighted by molar-refractivity contribution is -0.139. The summed E-state index contributed by atoms with van der Waals surface area (Å²) >= 11 is 0. The van der Waals surface area contributed by atoms with Crippen LogP contribution in [0.3, 0.4) is 0 Å². The summed E-state index contributed by atoms with van der Waals surface area (Å²) in [5, 5.41) is 12.2. The third-order valence-electron chi connectivity index (χ3n) is 7.03. The summed E-state index contributed by atoms with van der Waals surface area (Å²) in [6.45, 7) is 2.26. The number of fused-ring (bicyclic) bond motifs is 3. The van der Waals surface area contributed by atoms with Gasteiger partial charge in [-0.25, -0.2) is 9.59 Å². The first-order valence-corrected chi connectivity index (χ1v) is 12.3. The van der Waals surface area contributed by atoms with Gasteiger partial charge in [0.1, 0.15) is 12.6 Å². The molecule has 1 aliphatic heterocycles. The molecule has 180 valence electrons. The molecule has 0 spiro atoms. The average Bonchev–Trinajstić information content (AvgIpc) is 3.21. The van der Waals surface area contributed by atoms with Crippen molar-refractivity contribution >= 4 is 17.7 Å². The fourth-order valence-corrected chi connectivity index (χ4v) is 5.21. The van der Waals surface area contributed by atoms with Crippen LogP contribution in [0.1, 0.15) is 41.9 Å².